The first kappa shape index (κ1) is 16.5. The zero-order valence-electron chi connectivity index (χ0n) is 13.8. The van der Waals surface area contributed by atoms with Gasteiger partial charge < -0.3 is 14.8 Å². The number of hydrogen-bond donors (Lipinski definition) is 1. The first-order chi connectivity index (χ1) is 11.7. The predicted molar refractivity (Wildman–Crippen MR) is 91.0 cm³/mol. The first-order valence-electron chi connectivity index (χ1n) is 8.28. The fraction of sp³-hybridized carbons (Fsp3) is 0.368. The highest BCUT2D eigenvalue weighted by Crippen LogP contribution is 2.17. The van der Waals surface area contributed by atoms with Crippen LogP contribution in [0.2, 0.25) is 0 Å². The highest BCUT2D eigenvalue weighted by molar-refractivity contribution is 5.94. The molecule has 2 aromatic rings. The maximum Gasteiger partial charge on any atom is 0.253 e. The van der Waals surface area contributed by atoms with Crippen LogP contribution >= 0.6 is 0 Å². The van der Waals surface area contributed by atoms with Gasteiger partial charge in [-0.3, -0.25) is 4.79 Å². The van der Waals surface area contributed by atoms with Crippen LogP contribution in [0.4, 0.5) is 0 Å². The maximum absolute atomic E-state index is 12.3. The number of hydrogen-bond acceptors (Lipinski definition) is 4. The fourth-order valence-electron chi connectivity index (χ4n) is 2.65. The van der Waals surface area contributed by atoms with Gasteiger partial charge >= 0.3 is 0 Å². The third-order valence-corrected chi connectivity index (χ3v) is 4.10. The lowest BCUT2D eigenvalue weighted by molar-refractivity contribution is 0.0237. The molecule has 5 heteroatoms. The van der Waals surface area contributed by atoms with Crippen molar-refractivity contribution in [3.63, 3.8) is 0 Å². The van der Waals surface area contributed by atoms with Gasteiger partial charge in [0, 0.05) is 25.1 Å². The summed E-state index contributed by atoms with van der Waals surface area (Å²) >= 11 is 0. The van der Waals surface area contributed by atoms with E-state index in [0.717, 1.165) is 31.6 Å². The van der Waals surface area contributed by atoms with Gasteiger partial charge in [-0.25, -0.2) is 4.98 Å². The number of amides is 1. The van der Waals surface area contributed by atoms with Gasteiger partial charge in [0.1, 0.15) is 6.10 Å². The number of carbonyl (C=O) groups is 1. The van der Waals surface area contributed by atoms with Crippen LogP contribution in [0, 0.1) is 0 Å². The Morgan fingerprint density at radius 3 is 2.62 bits per heavy atom. The van der Waals surface area contributed by atoms with Gasteiger partial charge in [-0.05, 0) is 18.6 Å². The minimum absolute atomic E-state index is 0.0585. The van der Waals surface area contributed by atoms with Gasteiger partial charge in [-0.1, -0.05) is 30.3 Å². The minimum atomic E-state index is -0.142. The fourth-order valence-corrected chi connectivity index (χ4v) is 2.65. The molecule has 1 aromatic heterocycles. The minimum Gasteiger partial charge on any atom is -0.474 e. The average molecular weight is 326 g/mol. The molecule has 1 aliphatic rings. The number of aromatic nitrogens is 1. The summed E-state index contributed by atoms with van der Waals surface area (Å²) in [6.07, 6.45) is 3.45. The van der Waals surface area contributed by atoms with Gasteiger partial charge in [-0.2, -0.15) is 0 Å². The van der Waals surface area contributed by atoms with Crippen LogP contribution in [0.1, 0.15) is 41.7 Å². The van der Waals surface area contributed by atoms with Crippen molar-refractivity contribution in [2.24, 2.45) is 0 Å². The second kappa shape index (κ2) is 7.93. The molecular formula is C19H22N2O3. The molecule has 3 rings (SSSR count). The lowest BCUT2D eigenvalue weighted by atomic mass is 10.1. The summed E-state index contributed by atoms with van der Waals surface area (Å²) in [5.41, 5.74) is 1.59. The maximum atomic E-state index is 12.3. The number of nitrogens with one attached hydrogen (secondary N) is 1. The molecule has 1 unspecified atom stereocenters. The van der Waals surface area contributed by atoms with E-state index in [0.29, 0.717) is 11.4 Å². The normalized spacial score (nSPS) is 16.4. The molecule has 24 heavy (non-hydrogen) atoms. The van der Waals surface area contributed by atoms with Gasteiger partial charge in [-0.15, -0.1) is 0 Å². The number of benzene rings is 1. The molecule has 1 fully saturated rings. The molecule has 1 saturated heterocycles. The number of ether oxygens (including phenoxy) is 2. The molecule has 1 atom stereocenters. The second-order valence-corrected chi connectivity index (χ2v) is 5.92. The van der Waals surface area contributed by atoms with Crippen LogP contribution in [0.25, 0.3) is 0 Å². The quantitative estimate of drug-likeness (QED) is 0.917. The number of pyridine rings is 1. The molecule has 5 nitrogen and oxygen atoms in total. The molecule has 0 saturated carbocycles. The largest absolute Gasteiger partial charge is 0.474 e. The molecular weight excluding hydrogens is 304 g/mol. The first-order valence-corrected chi connectivity index (χ1v) is 8.28. The summed E-state index contributed by atoms with van der Waals surface area (Å²) in [7, 11) is 0. The Balaban J connectivity index is 1.57. The van der Waals surface area contributed by atoms with Crippen molar-refractivity contribution < 1.29 is 14.3 Å². The highest BCUT2D eigenvalue weighted by Gasteiger charge is 2.16. The summed E-state index contributed by atoms with van der Waals surface area (Å²) in [6.45, 7) is 3.41. The number of nitrogens with zero attached hydrogens (tertiary/aromatic N) is 1. The highest BCUT2D eigenvalue weighted by atomic mass is 16.5. The number of rotatable bonds is 5. The smallest absolute Gasteiger partial charge is 0.253 e. The van der Waals surface area contributed by atoms with E-state index in [9.17, 15) is 4.79 Å². The van der Waals surface area contributed by atoms with Gasteiger partial charge in [0.05, 0.1) is 24.8 Å². The summed E-state index contributed by atoms with van der Waals surface area (Å²) in [5.74, 6) is 0.408. The Bertz CT molecular complexity index is 652. The van der Waals surface area contributed by atoms with E-state index in [4.69, 9.17) is 9.47 Å². The Labute approximate surface area is 142 Å². The third kappa shape index (κ3) is 4.32. The molecule has 0 bridgehead atoms. The summed E-state index contributed by atoms with van der Waals surface area (Å²) < 4.78 is 11.1. The molecule has 0 spiro atoms. The topological polar surface area (TPSA) is 60.5 Å². The molecule has 1 amide bonds. The van der Waals surface area contributed by atoms with Crippen molar-refractivity contribution in [2.45, 2.75) is 31.9 Å². The van der Waals surface area contributed by atoms with Crippen LogP contribution in [0.15, 0.2) is 48.7 Å². The second-order valence-electron chi connectivity index (χ2n) is 5.92. The zero-order chi connectivity index (χ0) is 16.8. The average Bonchev–Trinajstić information content (AvgIpc) is 2.64. The van der Waals surface area contributed by atoms with E-state index in [1.807, 2.05) is 37.3 Å². The van der Waals surface area contributed by atoms with Gasteiger partial charge in [0.15, 0.2) is 0 Å². The zero-order valence-corrected chi connectivity index (χ0v) is 13.8. The van der Waals surface area contributed by atoms with Gasteiger partial charge in [0.2, 0.25) is 5.88 Å². The van der Waals surface area contributed by atoms with Crippen LogP contribution in [-0.2, 0) is 4.74 Å². The van der Waals surface area contributed by atoms with Crippen molar-refractivity contribution in [3.8, 4) is 5.88 Å². The Morgan fingerprint density at radius 1 is 1.21 bits per heavy atom. The Hall–Kier alpha value is -2.40. The molecule has 1 aromatic carbocycles. The summed E-state index contributed by atoms with van der Waals surface area (Å²) in [5, 5.41) is 2.98. The monoisotopic (exact) mass is 326 g/mol. The summed E-state index contributed by atoms with van der Waals surface area (Å²) in [6, 6.07) is 13.3. The Kier molecular flexibility index (Phi) is 5.43. The van der Waals surface area contributed by atoms with Crippen LogP contribution in [0.3, 0.4) is 0 Å². The molecule has 0 radical (unpaired) electrons. The van der Waals surface area contributed by atoms with E-state index >= 15 is 0 Å². The van der Waals surface area contributed by atoms with Crippen molar-refractivity contribution >= 4 is 5.91 Å². The SMILES string of the molecule is CC(NC(=O)c1ccc(OC2CCOCC2)nc1)c1ccccc1. The Morgan fingerprint density at radius 2 is 1.96 bits per heavy atom. The van der Waals surface area contributed by atoms with E-state index in [1.165, 1.54) is 0 Å². The van der Waals surface area contributed by atoms with Crippen LogP contribution in [0.5, 0.6) is 5.88 Å². The molecule has 2 heterocycles. The van der Waals surface area contributed by atoms with Crippen LogP contribution < -0.4 is 10.1 Å². The van der Waals surface area contributed by atoms with Crippen LogP contribution in [-0.4, -0.2) is 30.2 Å². The molecule has 126 valence electrons. The van der Waals surface area contributed by atoms with E-state index in [1.54, 1.807) is 18.3 Å². The van der Waals surface area contributed by atoms with Crippen molar-refractivity contribution in [2.75, 3.05) is 13.2 Å². The lowest BCUT2D eigenvalue weighted by Gasteiger charge is -2.22. The third-order valence-electron chi connectivity index (χ3n) is 4.10. The lowest BCUT2D eigenvalue weighted by Crippen LogP contribution is -2.27. The van der Waals surface area contributed by atoms with Crippen molar-refractivity contribution in [1.82, 2.24) is 10.3 Å². The van der Waals surface area contributed by atoms with E-state index in [2.05, 4.69) is 10.3 Å². The standard InChI is InChI=1S/C19H22N2O3/c1-14(15-5-3-2-4-6-15)21-19(22)16-7-8-18(20-13-16)24-17-9-11-23-12-10-17/h2-8,13-14,17H,9-12H2,1H3,(H,21,22). The van der Waals surface area contributed by atoms with E-state index in [-0.39, 0.29) is 18.1 Å². The number of carbonyl (C=O) groups excluding carboxylic acids is 1. The van der Waals surface area contributed by atoms with Crippen molar-refractivity contribution in [1.29, 1.82) is 0 Å². The van der Waals surface area contributed by atoms with E-state index < -0.39 is 0 Å². The summed E-state index contributed by atoms with van der Waals surface area (Å²) in [4.78, 5) is 16.6. The molecule has 1 aliphatic heterocycles. The van der Waals surface area contributed by atoms with Gasteiger partial charge in [0.25, 0.3) is 5.91 Å². The van der Waals surface area contributed by atoms with Crippen molar-refractivity contribution in [3.05, 3.63) is 59.8 Å². The molecule has 0 aliphatic carbocycles. The predicted octanol–water partition coefficient (Wildman–Crippen LogP) is 3.13. The molecule has 1 N–H and O–H groups in total.